The van der Waals surface area contributed by atoms with Crippen LogP contribution in [-0.4, -0.2) is 0 Å². The highest BCUT2D eigenvalue weighted by atomic mass is 16.3. The normalized spacial score (nSPS) is 11.5. The van der Waals surface area contributed by atoms with Crippen LogP contribution in [0.2, 0.25) is 0 Å². The molecule has 6 heteroatoms. The fraction of sp³-hybridized carbons (Fsp3) is 0. The number of hydrogen-bond acceptors (Lipinski definition) is 6. The van der Waals surface area contributed by atoms with Gasteiger partial charge in [-0.1, -0.05) is 394 Å². The summed E-state index contributed by atoms with van der Waals surface area (Å²) in [7, 11) is 0. The van der Waals surface area contributed by atoms with Crippen molar-refractivity contribution in [1.29, 1.82) is 0 Å². The quantitative estimate of drug-likeness (QED) is 0.0954. The summed E-state index contributed by atoms with van der Waals surface area (Å²) < 4.78 is 20.0. The van der Waals surface area contributed by atoms with Gasteiger partial charge in [-0.2, -0.15) is 0 Å². The molecule has 6 nitrogen and oxygen atoms in total. The first-order valence-electron chi connectivity index (χ1n) is 48.5. The van der Waals surface area contributed by atoms with Crippen LogP contribution in [0.1, 0.15) is 0 Å². The maximum Gasteiger partial charge on any atom is 0.159 e. The Morgan fingerprint density at radius 2 is 0.423 bits per heavy atom. The summed E-state index contributed by atoms with van der Waals surface area (Å²) in [6, 6.07) is 193. The van der Waals surface area contributed by atoms with Crippen LogP contribution in [0.4, 0.5) is 51.2 Å². The summed E-state index contributed by atoms with van der Waals surface area (Å²) in [5, 5.41) is 24.1. The van der Waals surface area contributed by atoms with Crippen molar-refractivity contribution < 1.29 is 13.3 Å². The van der Waals surface area contributed by atoms with Crippen LogP contribution in [0, 0.1) is 0 Å². The van der Waals surface area contributed by atoms with E-state index in [2.05, 4.69) is 555 Å². The van der Waals surface area contributed by atoms with Crippen LogP contribution in [0.15, 0.2) is 553 Å². The van der Waals surface area contributed by atoms with Crippen LogP contribution in [0.25, 0.3) is 208 Å². The Hall–Kier alpha value is -18.9. The molecule has 3 aromatic heterocycles. The van der Waals surface area contributed by atoms with Gasteiger partial charge in [-0.15, -0.1) is 0 Å². The van der Waals surface area contributed by atoms with Crippen molar-refractivity contribution >= 4 is 192 Å². The second kappa shape index (κ2) is 36.0. The summed E-state index contributed by atoms with van der Waals surface area (Å²) in [4.78, 5) is 6.95. The zero-order chi connectivity index (χ0) is 93.9. The van der Waals surface area contributed by atoms with Gasteiger partial charge in [-0.25, -0.2) is 0 Å². The van der Waals surface area contributed by atoms with Crippen molar-refractivity contribution in [3.63, 3.8) is 0 Å². The van der Waals surface area contributed by atoms with E-state index in [1.165, 1.54) is 142 Å². The minimum absolute atomic E-state index is 0.863. The number of anilines is 9. The number of benzene rings is 25. The van der Waals surface area contributed by atoms with E-state index in [4.69, 9.17) is 13.3 Å². The van der Waals surface area contributed by atoms with E-state index >= 15 is 0 Å². The molecule has 0 aliphatic rings. The highest BCUT2D eigenvalue weighted by molar-refractivity contribution is 6.24. The van der Waals surface area contributed by atoms with Crippen molar-refractivity contribution in [1.82, 2.24) is 0 Å². The Morgan fingerprint density at radius 1 is 0.127 bits per heavy atom. The predicted octanol–water partition coefficient (Wildman–Crippen LogP) is 39.2. The van der Waals surface area contributed by atoms with Crippen LogP contribution in [-0.2, 0) is 0 Å². The fourth-order valence-corrected chi connectivity index (χ4v) is 21.4. The molecule has 142 heavy (non-hydrogen) atoms. The van der Waals surface area contributed by atoms with Gasteiger partial charge in [0, 0.05) is 72.8 Å². The molecule has 0 aliphatic carbocycles. The van der Waals surface area contributed by atoms with Gasteiger partial charge in [0.15, 0.2) is 5.58 Å². The molecule has 0 amide bonds. The minimum atomic E-state index is 0.863. The number of nitrogens with zero attached hydrogens (tertiary/aromatic N) is 3. The first-order chi connectivity index (χ1) is 70.4. The first kappa shape index (κ1) is 83.7. The molecule has 0 radical (unpaired) electrons. The average molecular weight is 1810 g/mol. The molecule has 0 atom stereocenters. The number of rotatable bonds is 15. The van der Waals surface area contributed by atoms with Gasteiger partial charge in [-0.05, 0) is 282 Å². The average Bonchev–Trinajstić information content (AvgIpc) is 1.57. The van der Waals surface area contributed by atoms with Gasteiger partial charge < -0.3 is 28.0 Å². The predicted molar refractivity (Wildman–Crippen MR) is 600 cm³/mol. The highest BCUT2D eigenvalue weighted by Crippen LogP contribution is 2.52. The maximum atomic E-state index is 6.86. The minimum Gasteiger partial charge on any atom is -0.456 e. The zero-order valence-corrected chi connectivity index (χ0v) is 77.5. The van der Waals surface area contributed by atoms with Gasteiger partial charge in [0.25, 0.3) is 0 Å². The summed E-state index contributed by atoms with van der Waals surface area (Å²) in [6.45, 7) is 0. The molecule has 0 N–H and O–H groups in total. The largest absolute Gasteiger partial charge is 0.456 e. The number of furan rings is 3. The standard InChI is InChI=1S/C48H31NO.2C44H29NO/c1-2-15-38(16-3-1)49(39-29-27-33(28-30-39)37-26-23-32-11-4-5-13-36(32)31-37)44-21-9-20-43-47-42(19-10-22-45(47)50-48(43)44)41-18-8-14-35-25-24-34-12-6-7-17-40(34)46(35)41;1-2-15-35(16-3-1)45(36-27-25-31(26-28-36)34-24-23-30-11-4-5-13-33(30)29-34)40-20-10-22-42-44(40)43-39(19-9-21-41(43)46-42)38-18-8-14-32-12-6-7-17-37(32)38;1-2-14-35(15-3-1)45(36-24-22-31(23-25-36)34-21-20-30-10-4-5-12-33(30)28-34)37-26-27-41-43(29-37)46-42-19-9-18-40(44(41)42)39-17-8-13-32-11-6-7-16-38(32)39/h1-31H;2*1-29H. The van der Waals surface area contributed by atoms with Crippen molar-refractivity contribution in [3.8, 4) is 66.8 Å². The van der Waals surface area contributed by atoms with E-state index in [1.54, 1.807) is 0 Å². The Labute approximate surface area is 821 Å². The smallest absolute Gasteiger partial charge is 0.159 e. The maximum absolute atomic E-state index is 6.86. The van der Waals surface area contributed by atoms with Crippen molar-refractivity contribution in [3.05, 3.63) is 540 Å². The van der Waals surface area contributed by atoms with E-state index in [0.29, 0.717) is 0 Å². The molecule has 0 aliphatic heterocycles. The lowest BCUT2D eigenvalue weighted by molar-refractivity contribution is 0.668. The topological polar surface area (TPSA) is 49.1 Å². The molecule has 3 heterocycles. The number of fused-ring (bicyclic) bond motifs is 17. The monoisotopic (exact) mass is 1810 g/mol. The molecule has 28 aromatic rings. The fourth-order valence-electron chi connectivity index (χ4n) is 21.4. The third-order valence-corrected chi connectivity index (χ3v) is 28.1. The third kappa shape index (κ3) is 15.3. The van der Waals surface area contributed by atoms with Crippen molar-refractivity contribution in [2.75, 3.05) is 14.7 Å². The molecule has 0 bridgehead atoms. The molecule has 0 saturated heterocycles. The molecular weight excluding hydrogens is 1720 g/mol. The van der Waals surface area contributed by atoms with E-state index in [-0.39, 0.29) is 0 Å². The lowest BCUT2D eigenvalue weighted by atomic mass is 9.91. The van der Waals surface area contributed by atoms with Crippen LogP contribution >= 0.6 is 0 Å². The van der Waals surface area contributed by atoms with Crippen molar-refractivity contribution in [2.45, 2.75) is 0 Å². The van der Waals surface area contributed by atoms with Gasteiger partial charge in [-0.3, -0.25) is 0 Å². The lowest BCUT2D eigenvalue weighted by Crippen LogP contribution is -2.10. The summed E-state index contributed by atoms with van der Waals surface area (Å²) in [6.07, 6.45) is 0. The molecular formula is C136H89N3O3. The second-order valence-corrected chi connectivity index (χ2v) is 36.4. The van der Waals surface area contributed by atoms with Crippen LogP contribution in [0.3, 0.4) is 0 Å². The van der Waals surface area contributed by atoms with E-state index < -0.39 is 0 Å². The molecule has 0 unspecified atom stereocenters. The molecule has 0 saturated carbocycles. The van der Waals surface area contributed by atoms with E-state index in [9.17, 15) is 0 Å². The Kier molecular flexibility index (Phi) is 21.2. The summed E-state index contributed by atoms with van der Waals surface area (Å²) in [5.74, 6) is 0. The molecule has 0 fully saturated rings. The highest BCUT2D eigenvalue weighted by Gasteiger charge is 2.27. The second-order valence-electron chi connectivity index (χ2n) is 36.4. The molecule has 28 rings (SSSR count). The summed E-state index contributed by atoms with van der Waals surface area (Å²) >= 11 is 0. The summed E-state index contributed by atoms with van der Waals surface area (Å²) in [5.41, 5.74) is 29.2. The molecule has 25 aromatic carbocycles. The Balaban J connectivity index is 0.000000109. The van der Waals surface area contributed by atoms with Crippen LogP contribution < -0.4 is 14.7 Å². The van der Waals surface area contributed by atoms with E-state index in [1.807, 2.05) is 0 Å². The van der Waals surface area contributed by atoms with E-state index in [0.717, 1.165) is 117 Å². The Morgan fingerprint density at radius 3 is 0.930 bits per heavy atom. The SMILES string of the molecule is c1ccc(N(c2ccc(-c3ccc4ccccc4c3)cc2)c2ccc3c(c2)oc2cccc(-c4cccc5ccccc45)c23)cc1.c1ccc(N(c2ccc(-c3ccc4ccccc4c3)cc2)c2cccc3c2oc2cccc(-c4cccc5ccc6ccccc6c45)c23)cc1.c1ccc(N(c2ccc(-c3ccc4ccccc4c3)cc2)c2cccc3oc4cccc(-c5cccc6ccccc56)c4c23)cc1. The Bertz CT molecular complexity index is 9680. The number of para-hydroxylation sites is 4. The lowest BCUT2D eigenvalue weighted by Gasteiger charge is -2.26. The third-order valence-electron chi connectivity index (χ3n) is 28.1. The van der Waals surface area contributed by atoms with Gasteiger partial charge >= 0.3 is 0 Å². The van der Waals surface area contributed by atoms with Crippen molar-refractivity contribution in [2.24, 2.45) is 0 Å². The molecule has 0 spiro atoms. The zero-order valence-electron chi connectivity index (χ0n) is 77.5. The van der Waals surface area contributed by atoms with Gasteiger partial charge in [0.05, 0.1) is 16.8 Å². The van der Waals surface area contributed by atoms with Gasteiger partial charge in [0.2, 0.25) is 0 Å². The first-order valence-corrected chi connectivity index (χ1v) is 48.5. The number of hydrogen-bond donors (Lipinski definition) is 0. The van der Waals surface area contributed by atoms with Crippen LogP contribution in [0.5, 0.6) is 0 Å². The van der Waals surface area contributed by atoms with Gasteiger partial charge in [0.1, 0.15) is 27.9 Å². The molecule has 666 valence electrons.